The van der Waals surface area contributed by atoms with Crippen LogP contribution in [0.2, 0.25) is 0 Å². The largest absolute Gasteiger partial charge is 1.00 e. The van der Waals surface area contributed by atoms with Crippen LogP contribution in [0.25, 0.3) is 3.28 Å². The Morgan fingerprint density at radius 2 is 1.88 bits per heavy atom. The Labute approximate surface area is 130 Å². The van der Waals surface area contributed by atoms with Crippen LogP contribution in [0.4, 0.5) is 0 Å². The van der Waals surface area contributed by atoms with Gasteiger partial charge < -0.3 is 24.8 Å². The SMILES string of the molecule is Cc1ccc2c(c1)[C]([Zr+2])=C1C=CC=CC12.[Cl-].[Cl-]. The van der Waals surface area contributed by atoms with Gasteiger partial charge in [-0.2, -0.15) is 0 Å². The maximum absolute atomic E-state index is 2.33. The van der Waals surface area contributed by atoms with Crippen molar-refractivity contribution in [2.24, 2.45) is 0 Å². The second-order valence-electron chi connectivity index (χ2n) is 4.14. The van der Waals surface area contributed by atoms with Crippen molar-refractivity contribution in [1.29, 1.82) is 0 Å². The van der Waals surface area contributed by atoms with Gasteiger partial charge in [0.2, 0.25) is 0 Å². The molecule has 3 heteroatoms. The summed E-state index contributed by atoms with van der Waals surface area (Å²) in [4.78, 5) is 0. The van der Waals surface area contributed by atoms with Crippen LogP contribution in [0, 0.1) is 6.92 Å². The molecule has 1 aromatic carbocycles. The molecule has 1 atom stereocenters. The Balaban J connectivity index is 0.000000722. The van der Waals surface area contributed by atoms with E-state index in [1.54, 1.807) is 0 Å². The van der Waals surface area contributed by atoms with Crippen molar-refractivity contribution < 1.29 is 49.5 Å². The molecule has 3 rings (SSSR count). The minimum absolute atomic E-state index is 0. The van der Waals surface area contributed by atoms with E-state index in [4.69, 9.17) is 0 Å². The van der Waals surface area contributed by atoms with Crippen LogP contribution in [0.5, 0.6) is 0 Å². The van der Waals surface area contributed by atoms with Crippen molar-refractivity contribution in [2.45, 2.75) is 12.8 Å². The molecule has 0 aromatic heterocycles. The first-order valence-corrected chi connectivity index (χ1v) is 6.42. The Morgan fingerprint density at radius 1 is 1.12 bits per heavy atom. The molecule has 0 N–H and O–H groups in total. The molecule has 0 saturated heterocycles. The Morgan fingerprint density at radius 3 is 2.65 bits per heavy atom. The summed E-state index contributed by atoms with van der Waals surface area (Å²) < 4.78 is 1.53. The third-order valence-corrected chi connectivity index (χ3v) is 4.50. The minimum atomic E-state index is 0. The Kier molecular flexibility index (Phi) is 5.01. The number of hydrogen-bond donors (Lipinski definition) is 0. The van der Waals surface area contributed by atoms with E-state index in [2.05, 4.69) is 49.4 Å². The molecule has 0 nitrogen and oxygen atoms in total. The summed E-state index contributed by atoms with van der Waals surface area (Å²) in [5.41, 5.74) is 5.84. The van der Waals surface area contributed by atoms with Crippen LogP contribution in [0.15, 0.2) is 48.1 Å². The molecular formula is C14H11Cl2Zr. The van der Waals surface area contributed by atoms with Gasteiger partial charge in [0.05, 0.1) is 0 Å². The molecule has 1 unspecified atom stereocenters. The van der Waals surface area contributed by atoms with Gasteiger partial charge in [0.25, 0.3) is 0 Å². The molecule has 1 aromatic rings. The first kappa shape index (κ1) is 15.0. The zero-order chi connectivity index (χ0) is 10.4. The van der Waals surface area contributed by atoms with Gasteiger partial charge in [-0.3, -0.25) is 0 Å². The molecule has 17 heavy (non-hydrogen) atoms. The Bertz CT molecular complexity index is 527. The number of fused-ring (bicyclic) bond motifs is 3. The number of allylic oxidation sites excluding steroid dienone is 5. The minimum Gasteiger partial charge on any atom is -1.00 e. The smallest absolute Gasteiger partial charge is 1.00 e. The van der Waals surface area contributed by atoms with E-state index in [1.165, 1.54) is 50.3 Å². The number of halogens is 2. The fourth-order valence-electron chi connectivity index (χ4n) is 2.37. The molecule has 0 spiro atoms. The van der Waals surface area contributed by atoms with Crippen molar-refractivity contribution >= 4 is 3.28 Å². The fourth-order valence-corrected chi connectivity index (χ4v) is 3.48. The molecule has 0 fully saturated rings. The standard InChI is InChI=1S/C14H11.2ClH.Zr/c1-10-6-7-14-12(8-10)9-11-4-2-3-5-13(11)14;;;/h2-8,13H,1H3;2*1H;/q;;;+2/p-2. The predicted molar refractivity (Wildman–Crippen MR) is 59.1 cm³/mol. The molecule has 0 saturated carbocycles. The zero-order valence-corrected chi connectivity index (χ0v) is 13.3. The first-order chi connectivity index (χ1) is 7.27. The van der Waals surface area contributed by atoms with Crippen LogP contribution in [-0.2, 0) is 24.7 Å². The summed E-state index contributed by atoms with van der Waals surface area (Å²) in [6.45, 7) is 2.17. The average molecular weight is 341 g/mol. The van der Waals surface area contributed by atoms with E-state index in [-0.39, 0.29) is 24.8 Å². The summed E-state index contributed by atoms with van der Waals surface area (Å²) in [6.07, 6.45) is 8.88. The van der Waals surface area contributed by atoms with E-state index in [9.17, 15) is 0 Å². The van der Waals surface area contributed by atoms with Crippen molar-refractivity contribution in [3.8, 4) is 0 Å². The quantitative estimate of drug-likeness (QED) is 0.489. The molecule has 0 heterocycles. The number of rotatable bonds is 0. The topological polar surface area (TPSA) is 0 Å². The van der Waals surface area contributed by atoms with Crippen molar-refractivity contribution in [1.82, 2.24) is 0 Å². The Hall–Kier alpha value is -0.0969. The number of hydrogen-bond acceptors (Lipinski definition) is 0. The maximum Gasteiger partial charge on any atom is -1.00 e. The average Bonchev–Trinajstić information content (AvgIpc) is 2.54. The molecule has 2 aliphatic carbocycles. The fraction of sp³-hybridized carbons (Fsp3) is 0.143. The van der Waals surface area contributed by atoms with Gasteiger partial charge in [-0.25, -0.2) is 0 Å². The van der Waals surface area contributed by atoms with Gasteiger partial charge in [0.15, 0.2) is 0 Å². The summed E-state index contributed by atoms with van der Waals surface area (Å²) in [5.74, 6) is 0.528. The summed E-state index contributed by atoms with van der Waals surface area (Å²) in [5, 5.41) is 0. The van der Waals surface area contributed by atoms with Gasteiger partial charge >= 0.3 is 106 Å². The molecule has 0 amide bonds. The van der Waals surface area contributed by atoms with Crippen molar-refractivity contribution in [3.05, 3.63) is 64.8 Å². The van der Waals surface area contributed by atoms with E-state index >= 15 is 0 Å². The molecular weight excluding hydrogens is 330 g/mol. The number of aryl methyl sites for hydroxylation is 1. The second-order valence-corrected chi connectivity index (χ2v) is 5.37. The van der Waals surface area contributed by atoms with E-state index in [0.717, 1.165) is 0 Å². The maximum atomic E-state index is 2.33. The van der Waals surface area contributed by atoms with Crippen LogP contribution in [0.1, 0.15) is 22.6 Å². The van der Waals surface area contributed by atoms with Gasteiger partial charge in [0, 0.05) is 0 Å². The van der Waals surface area contributed by atoms with Crippen molar-refractivity contribution in [2.75, 3.05) is 0 Å². The van der Waals surface area contributed by atoms with Crippen LogP contribution in [-0.4, -0.2) is 0 Å². The monoisotopic (exact) mass is 339 g/mol. The van der Waals surface area contributed by atoms with Crippen molar-refractivity contribution in [3.63, 3.8) is 0 Å². The van der Waals surface area contributed by atoms with E-state index < -0.39 is 0 Å². The van der Waals surface area contributed by atoms with Gasteiger partial charge in [-0.05, 0) is 0 Å². The van der Waals surface area contributed by atoms with Crippen LogP contribution < -0.4 is 24.8 Å². The van der Waals surface area contributed by atoms with Gasteiger partial charge in [-0.1, -0.05) is 0 Å². The molecule has 2 aliphatic rings. The predicted octanol–water partition coefficient (Wildman–Crippen LogP) is -2.52. The van der Waals surface area contributed by atoms with E-state index in [0.29, 0.717) is 5.92 Å². The summed E-state index contributed by atoms with van der Waals surface area (Å²) in [7, 11) is 0. The third-order valence-electron chi connectivity index (χ3n) is 3.13. The normalized spacial score (nSPS) is 19.4. The summed E-state index contributed by atoms with van der Waals surface area (Å²) >= 11 is 1.53. The van der Waals surface area contributed by atoms with E-state index in [1.807, 2.05) is 0 Å². The van der Waals surface area contributed by atoms with Gasteiger partial charge in [0.1, 0.15) is 0 Å². The van der Waals surface area contributed by atoms with Gasteiger partial charge in [-0.15, -0.1) is 0 Å². The molecule has 0 bridgehead atoms. The zero-order valence-electron chi connectivity index (χ0n) is 9.37. The van der Waals surface area contributed by atoms with Crippen LogP contribution in [0.3, 0.4) is 0 Å². The first-order valence-electron chi connectivity index (χ1n) is 5.19. The molecule has 0 radical (unpaired) electrons. The third kappa shape index (κ3) is 2.38. The second kappa shape index (κ2) is 5.70. The molecule has 0 aliphatic heterocycles. The summed E-state index contributed by atoms with van der Waals surface area (Å²) in [6, 6.07) is 6.83. The molecule has 85 valence electrons. The number of benzene rings is 1. The van der Waals surface area contributed by atoms with Crippen LogP contribution >= 0.6 is 0 Å².